The molecule has 3 nitrogen and oxygen atoms in total. The minimum absolute atomic E-state index is 0.443. The van der Waals surface area contributed by atoms with Crippen molar-refractivity contribution in [3.05, 3.63) is 0 Å². The van der Waals surface area contributed by atoms with Crippen molar-refractivity contribution in [2.24, 2.45) is 0 Å². The van der Waals surface area contributed by atoms with Crippen molar-refractivity contribution in [1.29, 1.82) is 0 Å². The average molecular weight is 171 g/mol. The Kier molecular flexibility index (Phi) is 3.71. The normalized spacial score (nSPS) is 18.1. The van der Waals surface area contributed by atoms with Gasteiger partial charge in [-0.2, -0.15) is 0 Å². The lowest BCUT2D eigenvalue weighted by molar-refractivity contribution is -0.123. The summed E-state index contributed by atoms with van der Waals surface area (Å²) in [6, 6.07) is -1.57. The van der Waals surface area contributed by atoms with E-state index in [1.54, 1.807) is 0 Å². The summed E-state index contributed by atoms with van der Waals surface area (Å²) in [7, 11) is 0. The van der Waals surface area contributed by atoms with Gasteiger partial charge < -0.3 is 4.74 Å². The average Bonchev–Trinajstić information content (AvgIpc) is 2.05. The van der Waals surface area contributed by atoms with E-state index in [-0.39, 0.29) is 0 Å². The third-order valence-corrected chi connectivity index (χ3v) is 1.59. The number of nitrogens with zero attached hydrogens (tertiary/aromatic N) is 1. The van der Waals surface area contributed by atoms with Crippen molar-refractivity contribution in [3.8, 4) is 11.8 Å². The van der Waals surface area contributed by atoms with Crippen LogP contribution in [0.3, 0.4) is 0 Å². The molecule has 0 saturated carbocycles. The molecule has 1 fully saturated rings. The van der Waals surface area contributed by atoms with Crippen LogP contribution in [-0.2, 0) is 9.53 Å². The summed E-state index contributed by atoms with van der Waals surface area (Å²) in [4.78, 5) is 11.8. The number of halogens is 1. The number of ether oxygens (including phenoxy) is 1. The van der Waals surface area contributed by atoms with Crippen molar-refractivity contribution in [3.63, 3.8) is 0 Å². The molecule has 0 N–H and O–H groups in total. The minimum atomic E-state index is -1.57. The number of rotatable bonds is 1. The predicted molar refractivity (Wildman–Crippen MR) is 41.2 cm³/mol. The maximum absolute atomic E-state index is 11.6. The minimum Gasteiger partial charge on any atom is -0.379 e. The van der Waals surface area contributed by atoms with Crippen molar-refractivity contribution in [2.75, 3.05) is 32.8 Å². The van der Waals surface area contributed by atoms with E-state index in [1.165, 1.54) is 0 Å². The molecule has 1 aliphatic heterocycles. The Hall–Kier alpha value is -0.920. The molecule has 1 saturated heterocycles. The molecule has 0 atom stereocenters. The van der Waals surface area contributed by atoms with E-state index in [0.717, 1.165) is 13.1 Å². The van der Waals surface area contributed by atoms with Crippen LogP contribution in [0.5, 0.6) is 0 Å². The zero-order valence-corrected chi connectivity index (χ0v) is 6.68. The molecule has 0 bridgehead atoms. The molecule has 0 radical (unpaired) electrons. The van der Waals surface area contributed by atoms with Gasteiger partial charge in [-0.3, -0.25) is 4.90 Å². The Balaban J connectivity index is 2.22. The van der Waals surface area contributed by atoms with Crippen LogP contribution in [-0.4, -0.2) is 43.8 Å². The summed E-state index contributed by atoms with van der Waals surface area (Å²) in [5.74, 6) is 4.31. The molecule has 66 valence electrons. The van der Waals surface area contributed by atoms with Crippen LogP contribution < -0.4 is 0 Å². The molecule has 12 heavy (non-hydrogen) atoms. The SMILES string of the molecule is O=C(F)C#CCN1CCOCC1. The van der Waals surface area contributed by atoms with Gasteiger partial charge in [0.25, 0.3) is 0 Å². The molecule has 0 aromatic rings. The first-order valence-corrected chi connectivity index (χ1v) is 3.77. The Morgan fingerprint density at radius 3 is 2.75 bits per heavy atom. The van der Waals surface area contributed by atoms with Gasteiger partial charge in [-0.25, -0.2) is 4.79 Å². The zero-order chi connectivity index (χ0) is 8.81. The monoisotopic (exact) mass is 171 g/mol. The Bertz CT molecular complexity index is 213. The third-order valence-electron chi connectivity index (χ3n) is 1.59. The highest BCUT2D eigenvalue weighted by molar-refractivity contribution is 5.87. The lowest BCUT2D eigenvalue weighted by Gasteiger charge is -2.24. The van der Waals surface area contributed by atoms with Gasteiger partial charge in [0.1, 0.15) is 0 Å². The summed E-state index contributed by atoms with van der Waals surface area (Å²) in [6.45, 7) is 3.42. The highest BCUT2D eigenvalue weighted by Crippen LogP contribution is 1.94. The van der Waals surface area contributed by atoms with Gasteiger partial charge in [-0.1, -0.05) is 5.92 Å². The smallest absolute Gasteiger partial charge is 0.375 e. The fourth-order valence-corrected chi connectivity index (χ4v) is 0.980. The molecule has 0 aromatic carbocycles. The molecule has 1 heterocycles. The second kappa shape index (κ2) is 4.86. The molecular formula is C8H10FNO2. The summed E-state index contributed by atoms with van der Waals surface area (Å²) in [6.07, 6.45) is 0. The van der Waals surface area contributed by atoms with Gasteiger partial charge in [-0.15, -0.1) is 4.39 Å². The van der Waals surface area contributed by atoms with Crippen LogP contribution in [0, 0.1) is 11.8 Å². The van der Waals surface area contributed by atoms with E-state index in [4.69, 9.17) is 4.74 Å². The Morgan fingerprint density at radius 2 is 2.17 bits per heavy atom. The van der Waals surface area contributed by atoms with Gasteiger partial charge in [0.05, 0.1) is 19.8 Å². The first-order chi connectivity index (χ1) is 5.79. The molecule has 1 aliphatic rings. The lowest BCUT2D eigenvalue weighted by Crippen LogP contribution is -2.36. The molecule has 0 amide bonds. The van der Waals surface area contributed by atoms with E-state index in [9.17, 15) is 9.18 Å². The Labute approximate surface area is 70.5 Å². The Morgan fingerprint density at radius 1 is 1.50 bits per heavy atom. The van der Waals surface area contributed by atoms with E-state index >= 15 is 0 Å². The van der Waals surface area contributed by atoms with E-state index in [1.807, 2.05) is 10.8 Å². The molecular weight excluding hydrogens is 161 g/mol. The third kappa shape index (κ3) is 3.46. The fourth-order valence-electron chi connectivity index (χ4n) is 0.980. The van der Waals surface area contributed by atoms with Gasteiger partial charge in [0.15, 0.2) is 0 Å². The van der Waals surface area contributed by atoms with Crippen LogP contribution >= 0.6 is 0 Å². The first kappa shape index (κ1) is 9.17. The molecule has 0 aliphatic carbocycles. The number of carbonyl (C=O) groups excluding carboxylic acids is 1. The second-order valence-electron chi connectivity index (χ2n) is 2.46. The zero-order valence-electron chi connectivity index (χ0n) is 6.68. The maximum Gasteiger partial charge on any atom is 0.375 e. The predicted octanol–water partition coefficient (Wildman–Crippen LogP) is -0.182. The van der Waals surface area contributed by atoms with Crippen molar-refractivity contribution >= 4 is 6.04 Å². The van der Waals surface area contributed by atoms with Crippen LogP contribution in [0.4, 0.5) is 4.39 Å². The largest absolute Gasteiger partial charge is 0.379 e. The standard InChI is InChI=1S/C8H10FNO2/c9-8(11)2-1-3-10-4-6-12-7-5-10/h3-7H2. The number of hydrogen-bond acceptors (Lipinski definition) is 3. The molecule has 0 aromatic heterocycles. The van der Waals surface area contributed by atoms with Crippen molar-refractivity contribution in [2.45, 2.75) is 0 Å². The molecule has 4 heteroatoms. The van der Waals surface area contributed by atoms with Gasteiger partial charge in [0, 0.05) is 19.0 Å². The van der Waals surface area contributed by atoms with Crippen molar-refractivity contribution in [1.82, 2.24) is 4.90 Å². The number of hydrogen-bond donors (Lipinski definition) is 0. The summed E-state index contributed by atoms with van der Waals surface area (Å²) in [5, 5.41) is 0. The van der Waals surface area contributed by atoms with Crippen LogP contribution in [0.1, 0.15) is 0 Å². The van der Waals surface area contributed by atoms with Gasteiger partial charge in [0.2, 0.25) is 0 Å². The first-order valence-electron chi connectivity index (χ1n) is 3.77. The van der Waals surface area contributed by atoms with Crippen LogP contribution in [0.25, 0.3) is 0 Å². The number of carbonyl (C=O) groups is 1. The molecule has 0 unspecified atom stereocenters. The van der Waals surface area contributed by atoms with Crippen LogP contribution in [0.15, 0.2) is 0 Å². The quantitative estimate of drug-likeness (QED) is 0.405. The number of morpholine rings is 1. The summed E-state index contributed by atoms with van der Waals surface area (Å²) in [5.41, 5.74) is 0. The summed E-state index contributed by atoms with van der Waals surface area (Å²) < 4.78 is 16.7. The highest BCUT2D eigenvalue weighted by Gasteiger charge is 2.07. The fraction of sp³-hybridized carbons (Fsp3) is 0.625. The van der Waals surface area contributed by atoms with Crippen molar-refractivity contribution < 1.29 is 13.9 Å². The summed E-state index contributed by atoms with van der Waals surface area (Å²) >= 11 is 0. The van der Waals surface area contributed by atoms with Gasteiger partial charge >= 0.3 is 6.04 Å². The van der Waals surface area contributed by atoms with E-state index in [2.05, 4.69) is 5.92 Å². The lowest BCUT2D eigenvalue weighted by atomic mass is 10.4. The van der Waals surface area contributed by atoms with Crippen LogP contribution in [0.2, 0.25) is 0 Å². The maximum atomic E-state index is 11.6. The highest BCUT2D eigenvalue weighted by atomic mass is 19.1. The molecule has 1 rings (SSSR count). The van der Waals surface area contributed by atoms with Gasteiger partial charge in [-0.05, 0) is 0 Å². The van der Waals surface area contributed by atoms with E-state index in [0.29, 0.717) is 19.8 Å². The molecule has 0 spiro atoms. The topological polar surface area (TPSA) is 29.5 Å². The second-order valence-corrected chi connectivity index (χ2v) is 2.46. The van der Waals surface area contributed by atoms with E-state index < -0.39 is 6.04 Å².